The largest absolute Gasteiger partial charge is 0.492 e. The zero-order valence-electron chi connectivity index (χ0n) is 20.6. The van der Waals surface area contributed by atoms with Crippen molar-refractivity contribution in [1.29, 1.82) is 0 Å². The quantitative estimate of drug-likeness (QED) is 0.244. The zero-order chi connectivity index (χ0) is 26.1. The molecule has 1 heterocycles. The Morgan fingerprint density at radius 3 is 2.39 bits per heavy atom. The molecule has 10 heteroatoms. The lowest BCUT2D eigenvalue weighted by Gasteiger charge is -2.19. The summed E-state index contributed by atoms with van der Waals surface area (Å²) in [5.41, 5.74) is 1.15. The van der Waals surface area contributed by atoms with Crippen molar-refractivity contribution in [2.24, 2.45) is 4.99 Å². The number of sulfonamides is 1. The van der Waals surface area contributed by atoms with Crippen LogP contribution in [0.2, 0.25) is 0 Å². The maximum absolute atomic E-state index is 13.1. The predicted octanol–water partition coefficient (Wildman–Crippen LogP) is 4.24. The number of para-hydroxylation sites is 1. The number of amides is 1. The van der Waals surface area contributed by atoms with Gasteiger partial charge in [0.2, 0.25) is 10.0 Å². The molecule has 0 aliphatic heterocycles. The van der Waals surface area contributed by atoms with Crippen molar-refractivity contribution >= 4 is 37.5 Å². The third kappa shape index (κ3) is 6.19. The van der Waals surface area contributed by atoms with Gasteiger partial charge in [-0.1, -0.05) is 29.6 Å². The number of fused-ring (bicyclic) bond motifs is 1. The highest BCUT2D eigenvalue weighted by molar-refractivity contribution is 7.89. The van der Waals surface area contributed by atoms with Crippen LogP contribution in [-0.2, 0) is 21.3 Å². The molecular formula is C26H31N3O5S2. The van der Waals surface area contributed by atoms with Gasteiger partial charge in [-0.15, -0.1) is 13.2 Å². The first-order chi connectivity index (χ1) is 17.4. The fraction of sp³-hybridized carbons (Fsp3) is 0.308. The summed E-state index contributed by atoms with van der Waals surface area (Å²) in [7, 11) is -3.75. The smallest absolute Gasteiger partial charge is 0.279 e. The number of ether oxygens (including phenoxy) is 2. The minimum absolute atomic E-state index is 0.0812. The number of hydrogen-bond acceptors (Lipinski definition) is 6. The molecule has 0 unspecified atom stereocenters. The van der Waals surface area contributed by atoms with Crippen molar-refractivity contribution in [3.8, 4) is 5.75 Å². The summed E-state index contributed by atoms with van der Waals surface area (Å²) < 4.78 is 41.3. The SMILES string of the molecule is C=CCN(CC=C)S(=O)(=O)c1ccc(C(=O)N=c2sc3cccc(OCC)c3n2CCOCC)cc1. The van der Waals surface area contributed by atoms with Gasteiger partial charge in [0.15, 0.2) is 4.80 Å². The van der Waals surface area contributed by atoms with E-state index in [0.29, 0.717) is 31.2 Å². The number of carbonyl (C=O) groups is 1. The molecule has 0 spiro atoms. The third-order valence-corrected chi connectivity index (χ3v) is 8.12. The van der Waals surface area contributed by atoms with Crippen LogP contribution in [-0.4, -0.2) is 56.1 Å². The molecule has 0 radical (unpaired) electrons. The molecule has 0 N–H and O–H groups in total. The minimum atomic E-state index is -3.75. The average Bonchev–Trinajstić information content (AvgIpc) is 3.22. The Kier molecular flexibility index (Phi) is 9.77. The maximum Gasteiger partial charge on any atom is 0.279 e. The van der Waals surface area contributed by atoms with Crippen LogP contribution in [0.4, 0.5) is 0 Å². The normalized spacial score (nSPS) is 12.2. The fourth-order valence-corrected chi connectivity index (χ4v) is 6.04. The molecule has 1 amide bonds. The van der Waals surface area contributed by atoms with E-state index in [9.17, 15) is 13.2 Å². The molecule has 3 rings (SSSR count). The predicted molar refractivity (Wildman–Crippen MR) is 143 cm³/mol. The molecule has 2 aromatic carbocycles. The number of rotatable bonds is 13. The van der Waals surface area contributed by atoms with Crippen molar-refractivity contribution in [3.05, 3.63) is 78.1 Å². The Labute approximate surface area is 215 Å². The lowest BCUT2D eigenvalue weighted by Crippen LogP contribution is -2.31. The standard InChI is InChI=1S/C26H31N3O5S2/c1-5-16-28(17-6-2)36(31,32)21-14-12-20(13-15-21)25(30)27-26-29(18-19-33-7-3)24-22(34-8-4)10-9-11-23(24)35-26/h5-6,9-15H,1-2,7-8,16-19H2,3-4H3. The maximum atomic E-state index is 13.1. The third-order valence-electron chi connectivity index (χ3n) is 5.23. The average molecular weight is 530 g/mol. The van der Waals surface area contributed by atoms with E-state index in [0.717, 1.165) is 16.0 Å². The highest BCUT2D eigenvalue weighted by atomic mass is 32.2. The van der Waals surface area contributed by atoms with Gasteiger partial charge < -0.3 is 14.0 Å². The number of nitrogens with zero attached hydrogens (tertiary/aromatic N) is 3. The van der Waals surface area contributed by atoms with Gasteiger partial charge in [-0.2, -0.15) is 9.30 Å². The van der Waals surface area contributed by atoms with Crippen LogP contribution >= 0.6 is 11.3 Å². The molecule has 1 aromatic heterocycles. The summed E-state index contributed by atoms with van der Waals surface area (Å²) in [6, 6.07) is 11.5. The second kappa shape index (κ2) is 12.8. The molecular weight excluding hydrogens is 498 g/mol. The summed E-state index contributed by atoms with van der Waals surface area (Å²) in [4.78, 5) is 18.0. The number of thiazole rings is 1. The first-order valence-electron chi connectivity index (χ1n) is 11.6. The first kappa shape index (κ1) is 27.5. The van der Waals surface area contributed by atoms with Crippen molar-refractivity contribution in [3.63, 3.8) is 0 Å². The van der Waals surface area contributed by atoms with Gasteiger partial charge >= 0.3 is 0 Å². The van der Waals surface area contributed by atoms with E-state index in [2.05, 4.69) is 18.2 Å². The fourth-order valence-electron chi connectivity index (χ4n) is 3.59. The summed E-state index contributed by atoms with van der Waals surface area (Å²) in [6.07, 6.45) is 3.03. The Morgan fingerprint density at radius 2 is 1.78 bits per heavy atom. The van der Waals surface area contributed by atoms with E-state index in [1.54, 1.807) is 0 Å². The van der Waals surface area contributed by atoms with Crippen LogP contribution in [0.5, 0.6) is 5.75 Å². The Bertz CT molecular complexity index is 1380. The van der Waals surface area contributed by atoms with E-state index in [4.69, 9.17) is 9.47 Å². The highest BCUT2D eigenvalue weighted by Gasteiger charge is 2.22. The molecule has 36 heavy (non-hydrogen) atoms. The van der Waals surface area contributed by atoms with Gasteiger partial charge in [0.1, 0.15) is 11.3 Å². The minimum Gasteiger partial charge on any atom is -0.492 e. The highest BCUT2D eigenvalue weighted by Crippen LogP contribution is 2.28. The van der Waals surface area contributed by atoms with E-state index in [1.165, 1.54) is 52.1 Å². The number of benzene rings is 2. The van der Waals surface area contributed by atoms with Crippen LogP contribution in [0, 0.1) is 0 Å². The number of aromatic nitrogens is 1. The van der Waals surface area contributed by atoms with Crippen LogP contribution in [0.25, 0.3) is 10.2 Å². The molecule has 0 saturated carbocycles. The van der Waals surface area contributed by atoms with Crippen molar-refractivity contribution in [2.45, 2.75) is 25.3 Å². The topological polar surface area (TPSA) is 90.2 Å². The van der Waals surface area contributed by atoms with Crippen molar-refractivity contribution < 1.29 is 22.7 Å². The van der Waals surface area contributed by atoms with Crippen LogP contribution in [0.3, 0.4) is 0 Å². The molecule has 0 fully saturated rings. The molecule has 0 aliphatic carbocycles. The van der Waals surface area contributed by atoms with E-state index in [-0.39, 0.29) is 23.5 Å². The lowest BCUT2D eigenvalue weighted by molar-refractivity contribution is 0.0996. The Hall–Kier alpha value is -3.05. The summed E-state index contributed by atoms with van der Waals surface area (Å²) in [6.45, 7) is 13.4. The molecule has 3 aromatic rings. The van der Waals surface area contributed by atoms with Crippen molar-refractivity contribution in [2.75, 3.05) is 32.9 Å². The second-order valence-corrected chi connectivity index (χ2v) is 10.6. The molecule has 0 bridgehead atoms. The summed E-state index contributed by atoms with van der Waals surface area (Å²) in [5, 5.41) is 0. The van der Waals surface area contributed by atoms with E-state index >= 15 is 0 Å². The Balaban J connectivity index is 1.99. The van der Waals surface area contributed by atoms with Crippen molar-refractivity contribution in [1.82, 2.24) is 8.87 Å². The van der Waals surface area contributed by atoms with Crippen LogP contribution in [0.1, 0.15) is 24.2 Å². The molecule has 0 aliphatic rings. The zero-order valence-corrected chi connectivity index (χ0v) is 22.2. The van der Waals surface area contributed by atoms with E-state index in [1.807, 2.05) is 36.6 Å². The Morgan fingerprint density at radius 1 is 1.08 bits per heavy atom. The van der Waals surface area contributed by atoms with Gasteiger partial charge in [-0.25, -0.2) is 8.42 Å². The van der Waals surface area contributed by atoms with Gasteiger partial charge in [0, 0.05) is 31.8 Å². The molecule has 192 valence electrons. The van der Waals surface area contributed by atoms with Gasteiger partial charge in [-0.05, 0) is 50.2 Å². The van der Waals surface area contributed by atoms with Gasteiger partial charge in [-0.3, -0.25) is 4.79 Å². The molecule has 0 atom stereocenters. The monoisotopic (exact) mass is 529 g/mol. The number of hydrogen-bond donors (Lipinski definition) is 0. The lowest BCUT2D eigenvalue weighted by atomic mass is 10.2. The van der Waals surface area contributed by atoms with Crippen LogP contribution in [0.15, 0.2) is 77.7 Å². The van der Waals surface area contributed by atoms with Gasteiger partial charge in [0.25, 0.3) is 5.91 Å². The van der Waals surface area contributed by atoms with Gasteiger partial charge in [0.05, 0.1) is 22.8 Å². The number of carbonyl (C=O) groups excluding carboxylic acids is 1. The molecule has 8 nitrogen and oxygen atoms in total. The van der Waals surface area contributed by atoms with E-state index < -0.39 is 15.9 Å². The summed E-state index contributed by atoms with van der Waals surface area (Å²) in [5.74, 6) is 0.248. The second-order valence-electron chi connectivity index (χ2n) is 7.61. The first-order valence-corrected chi connectivity index (χ1v) is 13.9. The van der Waals surface area contributed by atoms with Crippen LogP contribution < -0.4 is 9.54 Å². The molecule has 0 saturated heterocycles. The summed E-state index contributed by atoms with van der Waals surface area (Å²) >= 11 is 1.39.